The lowest BCUT2D eigenvalue weighted by atomic mass is 9.97. The maximum atomic E-state index is 9.76. The van der Waals surface area contributed by atoms with Crippen molar-refractivity contribution in [3.05, 3.63) is 84.4 Å². The Bertz CT molecular complexity index is 1130. The SMILES string of the molecule is CSc1nc(-c2ccccc2)cc(-c2ccc3ccccc3c2)c1C#N. The number of hydrogen-bond donors (Lipinski definition) is 0. The first-order valence-corrected chi connectivity index (χ1v) is 9.56. The van der Waals surface area contributed by atoms with Crippen molar-refractivity contribution in [3.63, 3.8) is 0 Å². The van der Waals surface area contributed by atoms with Crippen LogP contribution in [0.3, 0.4) is 0 Å². The highest BCUT2D eigenvalue weighted by molar-refractivity contribution is 7.98. The highest BCUT2D eigenvalue weighted by Crippen LogP contribution is 2.34. The van der Waals surface area contributed by atoms with Crippen molar-refractivity contribution in [2.24, 2.45) is 0 Å². The molecule has 0 saturated carbocycles. The van der Waals surface area contributed by atoms with Crippen molar-refractivity contribution in [3.8, 4) is 28.5 Å². The lowest BCUT2D eigenvalue weighted by molar-refractivity contribution is 1.12. The molecule has 0 radical (unpaired) electrons. The minimum Gasteiger partial charge on any atom is -0.240 e. The first-order valence-electron chi connectivity index (χ1n) is 8.34. The molecule has 0 N–H and O–H groups in total. The second-order valence-electron chi connectivity index (χ2n) is 5.98. The lowest BCUT2D eigenvalue weighted by Gasteiger charge is -2.12. The largest absolute Gasteiger partial charge is 0.240 e. The van der Waals surface area contributed by atoms with Gasteiger partial charge in [0.15, 0.2) is 0 Å². The molecule has 0 aliphatic rings. The normalized spacial score (nSPS) is 10.6. The molecule has 0 spiro atoms. The zero-order chi connectivity index (χ0) is 17.9. The number of benzene rings is 3. The van der Waals surface area contributed by atoms with Crippen LogP contribution in [-0.2, 0) is 0 Å². The fourth-order valence-electron chi connectivity index (χ4n) is 3.12. The number of hydrogen-bond acceptors (Lipinski definition) is 3. The zero-order valence-corrected chi connectivity index (χ0v) is 15.1. The highest BCUT2D eigenvalue weighted by atomic mass is 32.2. The standard InChI is InChI=1S/C23H16N2S/c1-26-23-21(15-24)20(14-22(25-23)17-8-3-2-4-9-17)19-12-11-16-7-5-6-10-18(16)13-19/h2-14H,1H3. The Morgan fingerprint density at radius 2 is 1.54 bits per heavy atom. The molecule has 0 fully saturated rings. The first kappa shape index (κ1) is 16.4. The van der Waals surface area contributed by atoms with Gasteiger partial charge in [0.05, 0.1) is 11.3 Å². The van der Waals surface area contributed by atoms with Gasteiger partial charge < -0.3 is 0 Å². The quantitative estimate of drug-likeness (QED) is 0.414. The van der Waals surface area contributed by atoms with Crippen LogP contribution >= 0.6 is 11.8 Å². The molecule has 4 aromatic rings. The maximum Gasteiger partial charge on any atom is 0.115 e. The third-order valence-electron chi connectivity index (χ3n) is 4.42. The molecule has 1 heterocycles. The van der Waals surface area contributed by atoms with E-state index >= 15 is 0 Å². The average Bonchev–Trinajstić information content (AvgIpc) is 2.73. The van der Waals surface area contributed by atoms with Gasteiger partial charge >= 0.3 is 0 Å². The van der Waals surface area contributed by atoms with Crippen LogP contribution in [-0.4, -0.2) is 11.2 Å². The molecule has 26 heavy (non-hydrogen) atoms. The van der Waals surface area contributed by atoms with Gasteiger partial charge in [0.25, 0.3) is 0 Å². The van der Waals surface area contributed by atoms with E-state index in [0.29, 0.717) is 5.56 Å². The topological polar surface area (TPSA) is 36.7 Å². The summed E-state index contributed by atoms with van der Waals surface area (Å²) in [5, 5.41) is 12.9. The van der Waals surface area contributed by atoms with Gasteiger partial charge in [-0.3, -0.25) is 0 Å². The summed E-state index contributed by atoms with van der Waals surface area (Å²) in [6.45, 7) is 0. The molecule has 0 unspecified atom stereocenters. The third-order valence-corrected chi connectivity index (χ3v) is 5.10. The van der Waals surface area contributed by atoms with E-state index in [4.69, 9.17) is 4.98 Å². The van der Waals surface area contributed by atoms with Crippen molar-refractivity contribution in [1.82, 2.24) is 4.98 Å². The Balaban J connectivity index is 1.97. The Kier molecular flexibility index (Phi) is 4.43. The average molecular weight is 352 g/mol. The van der Waals surface area contributed by atoms with Crippen LogP contribution in [0.5, 0.6) is 0 Å². The van der Waals surface area contributed by atoms with E-state index in [1.807, 2.05) is 54.8 Å². The first-order chi connectivity index (χ1) is 12.8. The predicted octanol–water partition coefficient (Wildman–Crippen LogP) is 6.16. The van der Waals surface area contributed by atoms with Gasteiger partial charge in [-0.05, 0) is 34.7 Å². The molecule has 3 aromatic carbocycles. The lowest BCUT2D eigenvalue weighted by Crippen LogP contribution is -1.95. The van der Waals surface area contributed by atoms with Crippen molar-refractivity contribution < 1.29 is 0 Å². The smallest absolute Gasteiger partial charge is 0.115 e. The minimum atomic E-state index is 0.632. The summed E-state index contributed by atoms with van der Waals surface area (Å²) >= 11 is 1.51. The van der Waals surface area contributed by atoms with Gasteiger partial charge in [-0.1, -0.05) is 66.7 Å². The van der Waals surface area contributed by atoms with Gasteiger partial charge in [0.1, 0.15) is 11.1 Å². The molecule has 3 heteroatoms. The molecule has 2 nitrogen and oxygen atoms in total. The number of nitriles is 1. The van der Waals surface area contributed by atoms with Gasteiger partial charge in [-0.25, -0.2) is 4.98 Å². The van der Waals surface area contributed by atoms with Crippen LogP contribution in [0.1, 0.15) is 5.56 Å². The van der Waals surface area contributed by atoms with Crippen LogP contribution in [0.25, 0.3) is 33.2 Å². The molecule has 124 valence electrons. The number of thioether (sulfide) groups is 1. The highest BCUT2D eigenvalue weighted by Gasteiger charge is 2.15. The second-order valence-corrected chi connectivity index (χ2v) is 6.77. The fraction of sp³-hybridized carbons (Fsp3) is 0.0435. The zero-order valence-electron chi connectivity index (χ0n) is 14.3. The summed E-state index contributed by atoms with van der Waals surface area (Å²) in [7, 11) is 0. The molecule has 4 rings (SSSR count). The Morgan fingerprint density at radius 1 is 0.808 bits per heavy atom. The van der Waals surface area contributed by atoms with Crippen LogP contribution in [0, 0.1) is 11.3 Å². The van der Waals surface area contributed by atoms with E-state index in [9.17, 15) is 5.26 Å². The Morgan fingerprint density at radius 3 is 2.27 bits per heavy atom. The summed E-state index contributed by atoms with van der Waals surface area (Å²) in [6.07, 6.45) is 1.96. The summed E-state index contributed by atoms with van der Waals surface area (Å²) in [5.41, 5.74) is 4.53. The minimum absolute atomic E-state index is 0.632. The van der Waals surface area contributed by atoms with Crippen LogP contribution < -0.4 is 0 Å². The molecule has 1 aromatic heterocycles. The number of aromatic nitrogens is 1. The predicted molar refractivity (Wildman–Crippen MR) is 109 cm³/mol. The molecule has 0 amide bonds. The number of rotatable bonds is 3. The monoisotopic (exact) mass is 352 g/mol. The molecule has 0 aliphatic carbocycles. The summed E-state index contributed by atoms with van der Waals surface area (Å²) in [5.74, 6) is 0. The van der Waals surface area contributed by atoms with E-state index in [-0.39, 0.29) is 0 Å². The van der Waals surface area contributed by atoms with Crippen molar-refractivity contribution >= 4 is 22.5 Å². The number of nitrogens with zero attached hydrogens (tertiary/aromatic N) is 2. The number of pyridine rings is 1. The molecule has 0 saturated heterocycles. The van der Waals surface area contributed by atoms with Gasteiger partial charge in [-0.15, -0.1) is 11.8 Å². The molecule has 0 aliphatic heterocycles. The maximum absolute atomic E-state index is 9.76. The Hall–Kier alpha value is -3.09. The van der Waals surface area contributed by atoms with E-state index in [2.05, 4.69) is 36.4 Å². The fourth-order valence-corrected chi connectivity index (χ4v) is 3.67. The Labute approximate surface area is 157 Å². The third kappa shape index (κ3) is 2.96. The molecular weight excluding hydrogens is 336 g/mol. The molecule has 0 bridgehead atoms. The van der Waals surface area contributed by atoms with Crippen LogP contribution in [0.2, 0.25) is 0 Å². The van der Waals surface area contributed by atoms with Crippen molar-refractivity contribution in [1.29, 1.82) is 5.26 Å². The van der Waals surface area contributed by atoms with Gasteiger partial charge in [0, 0.05) is 11.1 Å². The van der Waals surface area contributed by atoms with Gasteiger partial charge in [-0.2, -0.15) is 5.26 Å². The number of fused-ring (bicyclic) bond motifs is 1. The van der Waals surface area contributed by atoms with Crippen molar-refractivity contribution in [2.45, 2.75) is 5.03 Å². The van der Waals surface area contributed by atoms with E-state index in [1.165, 1.54) is 17.1 Å². The van der Waals surface area contributed by atoms with Crippen LogP contribution in [0.4, 0.5) is 0 Å². The van der Waals surface area contributed by atoms with E-state index in [0.717, 1.165) is 32.8 Å². The van der Waals surface area contributed by atoms with Crippen molar-refractivity contribution in [2.75, 3.05) is 6.26 Å². The van der Waals surface area contributed by atoms with Gasteiger partial charge in [0.2, 0.25) is 0 Å². The van der Waals surface area contributed by atoms with E-state index in [1.54, 1.807) is 0 Å². The van der Waals surface area contributed by atoms with Crippen LogP contribution in [0.15, 0.2) is 83.9 Å². The second kappa shape index (κ2) is 7.03. The summed E-state index contributed by atoms with van der Waals surface area (Å²) in [6, 6.07) is 29.1. The molecular formula is C23H16N2S. The summed E-state index contributed by atoms with van der Waals surface area (Å²) in [4.78, 5) is 4.72. The summed E-state index contributed by atoms with van der Waals surface area (Å²) < 4.78 is 0. The van der Waals surface area contributed by atoms with E-state index < -0.39 is 0 Å². The molecule has 0 atom stereocenters.